The van der Waals surface area contributed by atoms with Gasteiger partial charge in [0.05, 0.1) is 0 Å². The fourth-order valence-corrected chi connectivity index (χ4v) is 1.91. The molecular weight excluding hydrogens is 289 g/mol. The first kappa shape index (κ1) is 13.5. The Morgan fingerprint density at radius 2 is 2.19 bits per heavy atom. The van der Waals surface area contributed by atoms with Crippen molar-refractivity contribution in [1.29, 1.82) is 0 Å². The standard InChI is InChI=1S/C12H15BrClNO/c1-9-4-5-10(13)8-11(9)12(16)15-7-3-2-6-14/h4-5,8H,2-3,6-7H2,1H3,(H,15,16). The number of benzene rings is 1. The highest BCUT2D eigenvalue weighted by Gasteiger charge is 2.08. The Kier molecular flexibility index (Phi) is 5.85. The molecule has 0 radical (unpaired) electrons. The maximum Gasteiger partial charge on any atom is 0.251 e. The largest absolute Gasteiger partial charge is 0.352 e. The predicted octanol–water partition coefficient (Wildman–Crippen LogP) is 3.51. The summed E-state index contributed by atoms with van der Waals surface area (Å²) in [5, 5.41) is 2.88. The summed E-state index contributed by atoms with van der Waals surface area (Å²) in [5.41, 5.74) is 1.71. The van der Waals surface area contributed by atoms with Crippen LogP contribution in [0, 0.1) is 6.92 Å². The molecule has 0 spiro atoms. The summed E-state index contributed by atoms with van der Waals surface area (Å²) in [6.07, 6.45) is 1.85. The van der Waals surface area contributed by atoms with Gasteiger partial charge in [-0.2, -0.15) is 0 Å². The maximum absolute atomic E-state index is 11.8. The Morgan fingerprint density at radius 1 is 1.44 bits per heavy atom. The number of amides is 1. The smallest absolute Gasteiger partial charge is 0.251 e. The van der Waals surface area contributed by atoms with Gasteiger partial charge in [-0.05, 0) is 37.5 Å². The summed E-state index contributed by atoms with van der Waals surface area (Å²) in [6.45, 7) is 2.61. The number of carbonyl (C=O) groups excluding carboxylic acids is 1. The van der Waals surface area contributed by atoms with E-state index in [2.05, 4.69) is 21.2 Å². The summed E-state index contributed by atoms with van der Waals surface area (Å²) in [6, 6.07) is 5.70. The molecule has 88 valence electrons. The minimum atomic E-state index is -0.0200. The van der Waals surface area contributed by atoms with E-state index in [-0.39, 0.29) is 5.91 Å². The van der Waals surface area contributed by atoms with Crippen molar-refractivity contribution in [2.75, 3.05) is 12.4 Å². The molecule has 0 bridgehead atoms. The van der Waals surface area contributed by atoms with Gasteiger partial charge in [0.1, 0.15) is 0 Å². The molecule has 1 aromatic rings. The first-order chi connectivity index (χ1) is 7.65. The minimum absolute atomic E-state index is 0.0200. The molecule has 1 rings (SSSR count). The molecule has 16 heavy (non-hydrogen) atoms. The summed E-state index contributed by atoms with van der Waals surface area (Å²) in [7, 11) is 0. The van der Waals surface area contributed by atoms with Crippen molar-refractivity contribution in [2.24, 2.45) is 0 Å². The topological polar surface area (TPSA) is 29.1 Å². The van der Waals surface area contributed by atoms with Crippen LogP contribution in [0.15, 0.2) is 22.7 Å². The fraction of sp³-hybridized carbons (Fsp3) is 0.417. The van der Waals surface area contributed by atoms with Crippen molar-refractivity contribution >= 4 is 33.4 Å². The third kappa shape index (κ3) is 4.14. The second-order valence-electron chi connectivity index (χ2n) is 3.61. The lowest BCUT2D eigenvalue weighted by Gasteiger charge is -2.07. The van der Waals surface area contributed by atoms with Crippen LogP contribution >= 0.6 is 27.5 Å². The van der Waals surface area contributed by atoms with E-state index >= 15 is 0 Å². The average Bonchev–Trinajstić information content (AvgIpc) is 2.27. The Morgan fingerprint density at radius 3 is 2.88 bits per heavy atom. The Bertz CT molecular complexity index is 368. The first-order valence-corrected chi connectivity index (χ1v) is 6.58. The molecule has 0 atom stereocenters. The zero-order valence-corrected chi connectivity index (χ0v) is 11.6. The molecule has 1 aromatic carbocycles. The van der Waals surface area contributed by atoms with Gasteiger partial charge in [-0.3, -0.25) is 4.79 Å². The molecular formula is C12H15BrClNO. The average molecular weight is 305 g/mol. The van der Waals surface area contributed by atoms with Crippen LogP contribution in [0.4, 0.5) is 0 Å². The zero-order chi connectivity index (χ0) is 12.0. The molecule has 0 saturated carbocycles. The van der Waals surface area contributed by atoms with Gasteiger partial charge in [0.25, 0.3) is 5.91 Å². The van der Waals surface area contributed by atoms with Gasteiger partial charge in [-0.25, -0.2) is 0 Å². The molecule has 0 unspecified atom stereocenters. The predicted molar refractivity (Wildman–Crippen MR) is 71.2 cm³/mol. The summed E-state index contributed by atoms with van der Waals surface area (Å²) in [5.74, 6) is 0.625. The number of alkyl halides is 1. The molecule has 0 aromatic heterocycles. The highest BCUT2D eigenvalue weighted by atomic mass is 79.9. The molecule has 4 heteroatoms. The van der Waals surface area contributed by atoms with E-state index in [0.717, 1.165) is 28.4 Å². The number of hydrogen-bond acceptors (Lipinski definition) is 1. The van der Waals surface area contributed by atoms with E-state index in [1.807, 2.05) is 25.1 Å². The Balaban J connectivity index is 2.55. The van der Waals surface area contributed by atoms with Crippen LogP contribution in [0.1, 0.15) is 28.8 Å². The van der Waals surface area contributed by atoms with E-state index in [4.69, 9.17) is 11.6 Å². The number of aryl methyl sites for hydroxylation is 1. The van der Waals surface area contributed by atoms with Gasteiger partial charge >= 0.3 is 0 Å². The monoisotopic (exact) mass is 303 g/mol. The van der Waals surface area contributed by atoms with E-state index in [9.17, 15) is 4.79 Å². The summed E-state index contributed by atoms with van der Waals surface area (Å²) < 4.78 is 0.920. The van der Waals surface area contributed by atoms with Crippen LogP contribution in [0.2, 0.25) is 0 Å². The van der Waals surface area contributed by atoms with Crippen molar-refractivity contribution in [2.45, 2.75) is 19.8 Å². The molecule has 0 aliphatic heterocycles. The molecule has 0 heterocycles. The quantitative estimate of drug-likeness (QED) is 0.654. The van der Waals surface area contributed by atoms with E-state index in [1.54, 1.807) is 0 Å². The van der Waals surface area contributed by atoms with E-state index in [1.165, 1.54) is 0 Å². The third-order valence-electron chi connectivity index (χ3n) is 2.29. The third-order valence-corrected chi connectivity index (χ3v) is 3.05. The minimum Gasteiger partial charge on any atom is -0.352 e. The lowest BCUT2D eigenvalue weighted by molar-refractivity contribution is 0.0952. The lowest BCUT2D eigenvalue weighted by Crippen LogP contribution is -2.25. The normalized spacial score (nSPS) is 10.2. The second kappa shape index (κ2) is 6.92. The molecule has 0 aliphatic carbocycles. The molecule has 0 saturated heterocycles. The summed E-state index contributed by atoms with van der Waals surface area (Å²) >= 11 is 8.92. The van der Waals surface area contributed by atoms with Crippen LogP contribution in [-0.4, -0.2) is 18.3 Å². The Hall–Kier alpha value is -0.540. The number of carbonyl (C=O) groups is 1. The fourth-order valence-electron chi connectivity index (χ4n) is 1.36. The highest BCUT2D eigenvalue weighted by molar-refractivity contribution is 9.10. The van der Waals surface area contributed by atoms with Crippen LogP contribution in [-0.2, 0) is 0 Å². The Labute approximate surface area is 110 Å². The summed E-state index contributed by atoms with van der Waals surface area (Å²) in [4.78, 5) is 11.8. The second-order valence-corrected chi connectivity index (χ2v) is 4.90. The number of hydrogen-bond donors (Lipinski definition) is 1. The van der Waals surface area contributed by atoms with Crippen molar-refractivity contribution in [3.63, 3.8) is 0 Å². The number of rotatable bonds is 5. The molecule has 2 nitrogen and oxygen atoms in total. The van der Waals surface area contributed by atoms with Gasteiger partial charge in [0.2, 0.25) is 0 Å². The molecule has 1 N–H and O–H groups in total. The van der Waals surface area contributed by atoms with Crippen molar-refractivity contribution < 1.29 is 4.79 Å². The van der Waals surface area contributed by atoms with Gasteiger partial charge in [0, 0.05) is 22.5 Å². The maximum atomic E-state index is 11.8. The van der Waals surface area contributed by atoms with Crippen LogP contribution < -0.4 is 5.32 Å². The number of nitrogens with one attached hydrogen (secondary N) is 1. The first-order valence-electron chi connectivity index (χ1n) is 5.25. The van der Waals surface area contributed by atoms with Crippen LogP contribution in [0.5, 0.6) is 0 Å². The SMILES string of the molecule is Cc1ccc(Br)cc1C(=O)NCCCCCl. The van der Waals surface area contributed by atoms with Gasteiger partial charge in [-0.1, -0.05) is 22.0 Å². The van der Waals surface area contributed by atoms with Gasteiger partial charge in [0.15, 0.2) is 0 Å². The van der Waals surface area contributed by atoms with Crippen molar-refractivity contribution in [3.8, 4) is 0 Å². The van der Waals surface area contributed by atoms with E-state index < -0.39 is 0 Å². The lowest BCUT2D eigenvalue weighted by atomic mass is 10.1. The van der Waals surface area contributed by atoms with Crippen LogP contribution in [0.3, 0.4) is 0 Å². The number of unbranched alkanes of at least 4 members (excludes halogenated alkanes) is 1. The number of halogens is 2. The molecule has 0 aliphatic rings. The molecule has 0 fully saturated rings. The highest BCUT2D eigenvalue weighted by Crippen LogP contribution is 2.15. The van der Waals surface area contributed by atoms with Gasteiger partial charge in [-0.15, -0.1) is 11.6 Å². The van der Waals surface area contributed by atoms with Crippen LogP contribution in [0.25, 0.3) is 0 Å². The van der Waals surface area contributed by atoms with Gasteiger partial charge < -0.3 is 5.32 Å². The zero-order valence-electron chi connectivity index (χ0n) is 9.22. The van der Waals surface area contributed by atoms with Crippen molar-refractivity contribution in [1.82, 2.24) is 5.32 Å². The van der Waals surface area contributed by atoms with Crippen molar-refractivity contribution in [3.05, 3.63) is 33.8 Å². The molecule has 1 amide bonds. The van der Waals surface area contributed by atoms with E-state index in [0.29, 0.717) is 12.4 Å².